The van der Waals surface area contributed by atoms with Gasteiger partial charge in [0.1, 0.15) is 5.82 Å². The summed E-state index contributed by atoms with van der Waals surface area (Å²) in [6.07, 6.45) is 4.51. The number of carbonyl (C=O) groups is 1. The fourth-order valence-corrected chi connectivity index (χ4v) is 3.41. The molecule has 6 nitrogen and oxygen atoms in total. The maximum atomic E-state index is 12.7. The zero-order valence-corrected chi connectivity index (χ0v) is 12.8. The lowest BCUT2D eigenvalue weighted by atomic mass is 9.99. The van der Waals surface area contributed by atoms with E-state index in [0.29, 0.717) is 13.2 Å². The average molecular weight is 292 g/mol. The number of amides is 1. The number of piperazine rings is 1. The molecule has 0 spiro atoms. The first kappa shape index (κ1) is 14.5. The average Bonchev–Trinajstić information content (AvgIpc) is 3.17. The van der Waals surface area contributed by atoms with Crippen molar-refractivity contribution in [3.8, 4) is 0 Å². The molecule has 2 aliphatic rings. The third-order valence-electron chi connectivity index (χ3n) is 4.74. The highest BCUT2D eigenvalue weighted by Crippen LogP contribution is 2.27. The Kier molecular flexibility index (Phi) is 4.26. The molecule has 0 unspecified atom stereocenters. The molecule has 2 aliphatic heterocycles. The Bertz CT molecular complexity index is 476. The van der Waals surface area contributed by atoms with Crippen LogP contribution < -0.4 is 0 Å². The van der Waals surface area contributed by atoms with Gasteiger partial charge < -0.3 is 14.6 Å². The van der Waals surface area contributed by atoms with E-state index in [0.717, 1.165) is 31.9 Å². The van der Waals surface area contributed by atoms with Crippen molar-refractivity contribution >= 4 is 5.91 Å². The Hall–Kier alpha value is -1.40. The van der Waals surface area contributed by atoms with Crippen molar-refractivity contribution in [2.75, 3.05) is 32.8 Å². The van der Waals surface area contributed by atoms with E-state index in [4.69, 9.17) is 4.74 Å². The van der Waals surface area contributed by atoms with E-state index < -0.39 is 0 Å². The van der Waals surface area contributed by atoms with E-state index in [1.165, 1.54) is 0 Å². The van der Waals surface area contributed by atoms with Crippen molar-refractivity contribution in [3.05, 3.63) is 18.2 Å². The van der Waals surface area contributed by atoms with Gasteiger partial charge in [-0.15, -0.1) is 0 Å². The number of likely N-dealkylation sites (N-methyl/N-ethyl adjacent to an activating group) is 1. The molecule has 116 valence electrons. The van der Waals surface area contributed by atoms with Crippen LogP contribution in [0.2, 0.25) is 0 Å². The van der Waals surface area contributed by atoms with Crippen molar-refractivity contribution in [1.82, 2.24) is 19.8 Å². The zero-order chi connectivity index (χ0) is 14.8. The summed E-state index contributed by atoms with van der Waals surface area (Å²) in [4.78, 5) is 24.7. The number of aromatic amines is 1. The lowest BCUT2D eigenvalue weighted by Crippen LogP contribution is -2.52. The van der Waals surface area contributed by atoms with Gasteiger partial charge >= 0.3 is 0 Å². The van der Waals surface area contributed by atoms with Gasteiger partial charge in [0.05, 0.1) is 18.1 Å². The zero-order valence-electron chi connectivity index (χ0n) is 12.8. The molecule has 3 heterocycles. The van der Waals surface area contributed by atoms with Gasteiger partial charge in [0, 0.05) is 38.6 Å². The molecule has 0 saturated carbocycles. The van der Waals surface area contributed by atoms with Gasteiger partial charge in [-0.25, -0.2) is 4.98 Å². The molecule has 6 heteroatoms. The molecular formula is C15H24N4O2. The highest BCUT2D eigenvalue weighted by atomic mass is 16.5. The number of nitrogens with one attached hydrogen (secondary N) is 1. The summed E-state index contributed by atoms with van der Waals surface area (Å²) in [7, 11) is 0. The van der Waals surface area contributed by atoms with Crippen molar-refractivity contribution < 1.29 is 9.53 Å². The molecule has 1 aromatic rings. The molecule has 0 aliphatic carbocycles. The third kappa shape index (κ3) is 2.82. The Morgan fingerprint density at radius 2 is 2.38 bits per heavy atom. The quantitative estimate of drug-likeness (QED) is 0.904. The summed E-state index contributed by atoms with van der Waals surface area (Å²) in [5, 5.41) is 0. The lowest BCUT2D eigenvalue weighted by molar-refractivity contribution is -0.140. The smallest absolute Gasteiger partial charge is 0.228 e. The largest absolute Gasteiger partial charge is 0.378 e. The maximum absolute atomic E-state index is 12.7. The summed E-state index contributed by atoms with van der Waals surface area (Å²) in [6, 6.07) is 0.167. The summed E-state index contributed by atoms with van der Waals surface area (Å²) in [5.74, 6) is 1.22. The second-order valence-electron chi connectivity index (χ2n) is 5.87. The van der Waals surface area contributed by atoms with Crippen LogP contribution in [0.1, 0.15) is 32.1 Å². The number of nitrogens with zero attached hydrogens (tertiary/aromatic N) is 3. The Balaban J connectivity index is 1.72. The van der Waals surface area contributed by atoms with Gasteiger partial charge in [0.15, 0.2) is 0 Å². The van der Waals surface area contributed by atoms with E-state index >= 15 is 0 Å². The number of imidazole rings is 1. The summed E-state index contributed by atoms with van der Waals surface area (Å²) in [5.41, 5.74) is 0. The third-order valence-corrected chi connectivity index (χ3v) is 4.74. The Labute approximate surface area is 125 Å². The molecule has 0 aromatic carbocycles. The second kappa shape index (κ2) is 6.15. The first-order valence-electron chi connectivity index (χ1n) is 7.84. The van der Waals surface area contributed by atoms with Gasteiger partial charge in [0.2, 0.25) is 5.91 Å². The van der Waals surface area contributed by atoms with E-state index in [1.807, 2.05) is 18.0 Å². The van der Waals surface area contributed by atoms with Crippen molar-refractivity contribution in [2.24, 2.45) is 5.92 Å². The molecule has 2 saturated heterocycles. The number of aromatic nitrogens is 2. The monoisotopic (exact) mass is 292 g/mol. The van der Waals surface area contributed by atoms with E-state index in [2.05, 4.69) is 21.8 Å². The lowest BCUT2D eigenvalue weighted by Gasteiger charge is -2.41. The molecule has 2 fully saturated rings. The summed E-state index contributed by atoms with van der Waals surface area (Å²) < 4.78 is 5.54. The highest BCUT2D eigenvalue weighted by molar-refractivity contribution is 5.79. The van der Waals surface area contributed by atoms with Crippen LogP contribution >= 0.6 is 0 Å². The molecule has 1 N–H and O–H groups in total. The van der Waals surface area contributed by atoms with E-state index in [-0.39, 0.29) is 24.0 Å². The number of hydrogen-bond donors (Lipinski definition) is 1. The first-order valence-corrected chi connectivity index (χ1v) is 7.84. The number of hydrogen-bond acceptors (Lipinski definition) is 4. The minimum Gasteiger partial charge on any atom is -0.378 e. The molecule has 21 heavy (non-hydrogen) atoms. The molecule has 0 radical (unpaired) electrons. The molecule has 1 aromatic heterocycles. The maximum Gasteiger partial charge on any atom is 0.228 e. The van der Waals surface area contributed by atoms with Crippen LogP contribution in [-0.4, -0.2) is 64.6 Å². The molecule has 1 amide bonds. The summed E-state index contributed by atoms with van der Waals surface area (Å²) in [6.45, 7) is 8.23. The standard InChI is InChI=1S/C15H24N4O2/c1-3-18-7-8-19(10-13(18)14-16-5-6-17-14)15(20)12-4-9-21-11(12)2/h5-6,11-13H,3-4,7-10H2,1-2H3,(H,16,17)/t11-,12+,13-/m0/s1. The summed E-state index contributed by atoms with van der Waals surface area (Å²) >= 11 is 0. The van der Waals surface area contributed by atoms with Crippen LogP contribution in [0, 0.1) is 5.92 Å². The fourth-order valence-electron chi connectivity index (χ4n) is 3.41. The number of ether oxygens (including phenoxy) is 1. The Morgan fingerprint density at radius 3 is 3.00 bits per heavy atom. The van der Waals surface area contributed by atoms with Gasteiger partial charge in [-0.1, -0.05) is 6.92 Å². The van der Waals surface area contributed by atoms with Gasteiger partial charge in [-0.2, -0.15) is 0 Å². The van der Waals surface area contributed by atoms with Crippen LogP contribution in [0.15, 0.2) is 12.4 Å². The van der Waals surface area contributed by atoms with Crippen molar-refractivity contribution in [3.63, 3.8) is 0 Å². The van der Waals surface area contributed by atoms with Gasteiger partial charge in [-0.3, -0.25) is 9.69 Å². The molecule has 3 atom stereocenters. The predicted octanol–water partition coefficient (Wildman–Crippen LogP) is 1.04. The van der Waals surface area contributed by atoms with Crippen LogP contribution in [-0.2, 0) is 9.53 Å². The number of rotatable bonds is 3. The molecule has 0 bridgehead atoms. The normalized spacial score (nSPS) is 30.8. The fraction of sp³-hybridized carbons (Fsp3) is 0.733. The van der Waals surface area contributed by atoms with Gasteiger partial charge in [-0.05, 0) is 19.9 Å². The SMILES string of the molecule is CCN1CCN(C(=O)[C@@H]2CCO[C@H]2C)C[C@H]1c1ncc[nH]1. The molecular weight excluding hydrogens is 268 g/mol. The van der Waals surface area contributed by atoms with Gasteiger partial charge in [0.25, 0.3) is 0 Å². The highest BCUT2D eigenvalue weighted by Gasteiger charge is 2.37. The topological polar surface area (TPSA) is 61.5 Å². The number of H-pyrrole nitrogens is 1. The van der Waals surface area contributed by atoms with E-state index in [1.54, 1.807) is 6.20 Å². The van der Waals surface area contributed by atoms with Crippen LogP contribution in [0.25, 0.3) is 0 Å². The predicted molar refractivity (Wildman–Crippen MR) is 78.7 cm³/mol. The van der Waals surface area contributed by atoms with Crippen LogP contribution in [0.4, 0.5) is 0 Å². The number of carbonyl (C=O) groups excluding carboxylic acids is 1. The second-order valence-corrected chi connectivity index (χ2v) is 5.87. The Morgan fingerprint density at radius 1 is 1.52 bits per heavy atom. The minimum atomic E-state index is 0.0235. The van der Waals surface area contributed by atoms with Crippen LogP contribution in [0.5, 0.6) is 0 Å². The first-order chi connectivity index (χ1) is 10.2. The van der Waals surface area contributed by atoms with E-state index in [9.17, 15) is 4.79 Å². The van der Waals surface area contributed by atoms with Crippen molar-refractivity contribution in [2.45, 2.75) is 32.4 Å². The minimum absolute atomic E-state index is 0.0235. The van der Waals surface area contributed by atoms with Crippen molar-refractivity contribution in [1.29, 1.82) is 0 Å². The van der Waals surface area contributed by atoms with Crippen LogP contribution in [0.3, 0.4) is 0 Å². The molecule has 3 rings (SSSR count).